The Bertz CT molecular complexity index is 387. The third kappa shape index (κ3) is 5.29. The molecule has 0 aliphatic rings. The molecule has 1 unspecified atom stereocenters. The molecule has 0 aromatic heterocycles. The van der Waals surface area contributed by atoms with Crippen molar-refractivity contribution < 1.29 is 9.90 Å². The van der Waals surface area contributed by atoms with Gasteiger partial charge in [0, 0.05) is 10.8 Å². The maximum atomic E-state index is 10.9. The summed E-state index contributed by atoms with van der Waals surface area (Å²) < 4.78 is 0. The second-order valence-corrected chi connectivity index (χ2v) is 5.39. The number of carbonyl (C=O) groups is 1. The quantitative estimate of drug-likeness (QED) is 0.722. The van der Waals surface area contributed by atoms with Crippen LogP contribution in [0.3, 0.4) is 0 Å². The normalized spacial score (nSPS) is 12.3. The summed E-state index contributed by atoms with van der Waals surface area (Å²) in [6, 6.07) is 7.28. The van der Waals surface area contributed by atoms with Gasteiger partial charge in [-0.05, 0) is 30.3 Å². The molecule has 0 aliphatic carbocycles. The van der Waals surface area contributed by atoms with Crippen molar-refractivity contribution in [2.24, 2.45) is 0 Å². The van der Waals surface area contributed by atoms with Crippen LogP contribution in [0.25, 0.3) is 0 Å². The molecule has 1 rings (SSSR count). The van der Waals surface area contributed by atoms with Gasteiger partial charge in [0.05, 0.1) is 0 Å². The van der Waals surface area contributed by atoms with Crippen LogP contribution in [0.15, 0.2) is 24.3 Å². The molecule has 0 heterocycles. The first-order valence-electron chi connectivity index (χ1n) is 5.92. The molecule has 5 heteroatoms. The highest BCUT2D eigenvalue weighted by Crippen LogP contribution is 2.21. The lowest BCUT2D eigenvalue weighted by atomic mass is 10.2. The van der Waals surface area contributed by atoms with Crippen LogP contribution in [0.4, 0.5) is 0 Å². The van der Waals surface area contributed by atoms with Crippen LogP contribution in [-0.2, 0) is 10.5 Å². The number of carboxylic acids is 1. The van der Waals surface area contributed by atoms with E-state index >= 15 is 0 Å². The Morgan fingerprint density at radius 3 is 2.83 bits per heavy atom. The van der Waals surface area contributed by atoms with E-state index in [9.17, 15) is 4.79 Å². The minimum absolute atomic E-state index is 0.450. The highest BCUT2D eigenvalue weighted by molar-refractivity contribution is 7.98. The molecule has 0 fully saturated rings. The van der Waals surface area contributed by atoms with E-state index in [0.29, 0.717) is 13.0 Å². The molecule has 0 saturated heterocycles. The molecule has 0 aliphatic heterocycles. The monoisotopic (exact) mass is 287 g/mol. The summed E-state index contributed by atoms with van der Waals surface area (Å²) in [6.45, 7) is 2.58. The average Bonchev–Trinajstić information content (AvgIpc) is 2.35. The lowest BCUT2D eigenvalue weighted by molar-refractivity contribution is -0.139. The molecular formula is C13H18ClNO2S. The smallest absolute Gasteiger partial charge is 0.320 e. The van der Waals surface area contributed by atoms with E-state index in [4.69, 9.17) is 16.7 Å². The Kier molecular flexibility index (Phi) is 7.16. The van der Waals surface area contributed by atoms with Gasteiger partial charge in [0.25, 0.3) is 0 Å². The minimum Gasteiger partial charge on any atom is -0.480 e. The van der Waals surface area contributed by atoms with E-state index in [1.807, 2.05) is 31.2 Å². The molecule has 0 spiro atoms. The van der Waals surface area contributed by atoms with Crippen molar-refractivity contribution in [2.45, 2.75) is 25.1 Å². The molecule has 3 nitrogen and oxygen atoms in total. The third-order valence-corrected chi connectivity index (χ3v) is 3.92. The van der Waals surface area contributed by atoms with Gasteiger partial charge in [0.1, 0.15) is 6.04 Å². The van der Waals surface area contributed by atoms with E-state index in [2.05, 4.69) is 5.32 Å². The van der Waals surface area contributed by atoms with Crippen LogP contribution in [0.2, 0.25) is 5.02 Å². The van der Waals surface area contributed by atoms with Gasteiger partial charge in [-0.2, -0.15) is 11.8 Å². The molecule has 1 atom stereocenters. The summed E-state index contributed by atoms with van der Waals surface area (Å²) in [4.78, 5) is 10.9. The number of hydrogen-bond acceptors (Lipinski definition) is 3. The number of nitrogens with one attached hydrogen (secondary N) is 1. The number of benzene rings is 1. The van der Waals surface area contributed by atoms with Gasteiger partial charge in [-0.25, -0.2) is 0 Å². The summed E-state index contributed by atoms with van der Waals surface area (Å²) in [5.41, 5.74) is 1.10. The van der Waals surface area contributed by atoms with Gasteiger partial charge in [-0.15, -0.1) is 0 Å². The molecule has 1 aromatic carbocycles. The van der Waals surface area contributed by atoms with Gasteiger partial charge in [0.15, 0.2) is 0 Å². The zero-order valence-corrected chi connectivity index (χ0v) is 11.9. The fraction of sp³-hybridized carbons (Fsp3) is 0.462. The van der Waals surface area contributed by atoms with Crippen molar-refractivity contribution in [3.8, 4) is 0 Å². The molecule has 1 aromatic rings. The highest BCUT2D eigenvalue weighted by atomic mass is 35.5. The van der Waals surface area contributed by atoms with E-state index in [1.54, 1.807) is 11.8 Å². The van der Waals surface area contributed by atoms with Crippen molar-refractivity contribution >= 4 is 29.3 Å². The summed E-state index contributed by atoms with van der Waals surface area (Å²) in [7, 11) is 0. The Labute approximate surface area is 117 Å². The Morgan fingerprint density at radius 1 is 1.50 bits per heavy atom. The van der Waals surface area contributed by atoms with Crippen LogP contribution in [0.5, 0.6) is 0 Å². The standard InChI is InChI=1S/C13H18ClNO2S/c1-2-15-12(13(16)17)7-8-18-9-10-5-3-4-6-11(10)14/h3-6,12,15H,2,7-9H2,1H3,(H,16,17). The number of aliphatic carboxylic acids is 1. The molecule has 0 bridgehead atoms. The zero-order chi connectivity index (χ0) is 13.4. The van der Waals surface area contributed by atoms with Gasteiger partial charge >= 0.3 is 5.97 Å². The summed E-state index contributed by atoms with van der Waals surface area (Å²) in [5, 5.41) is 12.7. The van der Waals surface area contributed by atoms with Gasteiger partial charge < -0.3 is 10.4 Å². The predicted octanol–water partition coefficient (Wildman–Crippen LogP) is 3.03. The van der Waals surface area contributed by atoms with E-state index in [1.165, 1.54) is 0 Å². The van der Waals surface area contributed by atoms with Crippen LogP contribution >= 0.6 is 23.4 Å². The largest absolute Gasteiger partial charge is 0.480 e. The molecule has 2 N–H and O–H groups in total. The number of likely N-dealkylation sites (N-methyl/N-ethyl adjacent to an activating group) is 1. The number of carboxylic acid groups (broad SMARTS) is 1. The highest BCUT2D eigenvalue weighted by Gasteiger charge is 2.14. The zero-order valence-electron chi connectivity index (χ0n) is 10.4. The first kappa shape index (κ1) is 15.3. The first-order valence-corrected chi connectivity index (χ1v) is 7.45. The molecule has 0 saturated carbocycles. The van der Waals surface area contributed by atoms with Crippen LogP contribution in [0, 0.1) is 0 Å². The lowest BCUT2D eigenvalue weighted by Gasteiger charge is -2.12. The summed E-state index contributed by atoms with van der Waals surface area (Å²) >= 11 is 7.75. The maximum absolute atomic E-state index is 10.9. The fourth-order valence-corrected chi connectivity index (χ4v) is 2.86. The first-order chi connectivity index (χ1) is 8.65. The van der Waals surface area contributed by atoms with Crippen LogP contribution in [-0.4, -0.2) is 29.4 Å². The van der Waals surface area contributed by atoms with Crippen molar-refractivity contribution in [3.05, 3.63) is 34.9 Å². The summed E-state index contributed by atoms with van der Waals surface area (Å²) in [5.74, 6) is 0.836. The SMILES string of the molecule is CCNC(CCSCc1ccccc1Cl)C(=O)O. The van der Waals surface area contributed by atoms with Crippen molar-refractivity contribution in [2.75, 3.05) is 12.3 Å². The topological polar surface area (TPSA) is 49.3 Å². The van der Waals surface area contributed by atoms with E-state index < -0.39 is 12.0 Å². The average molecular weight is 288 g/mol. The number of thioether (sulfide) groups is 1. The van der Waals surface area contributed by atoms with Crippen molar-refractivity contribution in [1.82, 2.24) is 5.32 Å². The second-order valence-electron chi connectivity index (χ2n) is 3.88. The second kappa shape index (κ2) is 8.40. The number of halogens is 1. The Balaban J connectivity index is 2.30. The van der Waals surface area contributed by atoms with E-state index in [-0.39, 0.29) is 0 Å². The maximum Gasteiger partial charge on any atom is 0.320 e. The van der Waals surface area contributed by atoms with Crippen LogP contribution < -0.4 is 5.32 Å². The van der Waals surface area contributed by atoms with Crippen molar-refractivity contribution in [3.63, 3.8) is 0 Å². The minimum atomic E-state index is -0.782. The van der Waals surface area contributed by atoms with Gasteiger partial charge in [0.2, 0.25) is 0 Å². The van der Waals surface area contributed by atoms with Crippen LogP contribution in [0.1, 0.15) is 18.9 Å². The fourth-order valence-electron chi connectivity index (χ4n) is 1.56. The Morgan fingerprint density at radius 2 is 2.22 bits per heavy atom. The molecule has 0 radical (unpaired) electrons. The molecule has 18 heavy (non-hydrogen) atoms. The lowest BCUT2D eigenvalue weighted by Crippen LogP contribution is -2.36. The van der Waals surface area contributed by atoms with Crippen molar-refractivity contribution in [1.29, 1.82) is 0 Å². The molecule has 100 valence electrons. The van der Waals surface area contributed by atoms with Gasteiger partial charge in [-0.3, -0.25) is 4.79 Å². The summed E-state index contributed by atoms with van der Waals surface area (Å²) in [6.07, 6.45) is 0.623. The molecule has 0 amide bonds. The molecular weight excluding hydrogens is 270 g/mol. The predicted molar refractivity (Wildman–Crippen MR) is 77.3 cm³/mol. The third-order valence-electron chi connectivity index (χ3n) is 2.51. The Hall–Kier alpha value is -0.710. The number of rotatable bonds is 8. The van der Waals surface area contributed by atoms with Gasteiger partial charge in [-0.1, -0.05) is 36.7 Å². The van der Waals surface area contributed by atoms with E-state index in [0.717, 1.165) is 22.1 Å². The number of hydrogen-bond donors (Lipinski definition) is 2.